The number of rotatable bonds is 8. The largest absolute Gasteiger partial charge is 2.00 e. The molecule has 354 valence electrons. The van der Waals surface area contributed by atoms with Crippen molar-refractivity contribution in [3.63, 3.8) is 0 Å². The summed E-state index contributed by atoms with van der Waals surface area (Å²) in [5.74, 6) is 1.87. The summed E-state index contributed by atoms with van der Waals surface area (Å²) in [5, 5.41) is 1.42. The molecule has 0 saturated heterocycles. The predicted molar refractivity (Wildman–Crippen MR) is 268 cm³/mol. The van der Waals surface area contributed by atoms with Crippen LogP contribution in [-0.4, -0.2) is 110 Å². The van der Waals surface area contributed by atoms with Gasteiger partial charge in [0.25, 0.3) is 20.2 Å². The summed E-state index contributed by atoms with van der Waals surface area (Å²) in [7, 11) is -11.9. The van der Waals surface area contributed by atoms with Crippen LogP contribution in [0, 0.1) is 18.3 Å². The van der Waals surface area contributed by atoms with E-state index in [4.69, 9.17) is 37.0 Å². The molecule has 2 N–H and O–H groups in total. The molecule has 0 spiro atoms. The molecular weight excluding hydrogens is 970 g/mol. The first-order valence-corrected chi connectivity index (χ1v) is 26.2. The van der Waals surface area contributed by atoms with Crippen LogP contribution in [0.4, 0.5) is 0 Å². The number of allylic oxidation sites excluding steroid dienone is 1. The first kappa shape index (κ1) is 59.3. The van der Waals surface area contributed by atoms with Crippen molar-refractivity contribution in [2.45, 2.75) is 102 Å². The Morgan fingerprint density at radius 3 is 1.74 bits per heavy atom. The molecule has 0 aromatic heterocycles. The number of hydrogen-bond acceptors (Lipinski definition) is 8. The molecule has 11 nitrogen and oxygen atoms in total. The molecule has 0 radical (unpaired) electrons. The van der Waals surface area contributed by atoms with Crippen LogP contribution in [0.15, 0.2) is 139 Å². The Morgan fingerprint density at radius 2 is 1.27 bits per heavy atom. The summed E-state index contributed by atoms with van der Waals surface area (Å²) in [4.78, 5) is -0.157. The maximum absolute atomic E-state index is 10.9. The maximum Gasteiger partial charge on any atom is 2.00 e. The summed E-state index contributed by atoms with van der Waals surface area (Å²) >= 11 is 12.7. The van der Waals surface area contributed by atoms with Crippen LogP contribution < -0.4 is 0 Å². The van der Waals surface area contributed by atoms with Crippen molar-refractivity contribution in [2.75, 3.05) is 6.61 Å². The normalized spacial score (nSPS) is 19.0. The zero-order valence-electron chi connectivity index (χ0n) is 38.7. The van der Waals surface area contributed by atoms with E-state index in [-0.39, 0.29) is 60.0 Å². The molecule has 0 saturated carbocycles. The van der Waals surface area contributed by atoms with Gasteiger partial charge in [-0.1, -0.05) is 140 Å². The second kappa shape index (κ2) is 26.2. The third-order valence-corrected chi connectivity index (χ3v) is 14.6. The van der Waals surface area contributed by atoms with Crippen LogP contribution in [0.25, 0.3) is 10.8 Å². The van der Waals surface area contributed by atoms with E-state index in [1.54, 1.807) is 36.4 Å². The summed E-state index contributed by atoms with van der Waals surface area (Å²) in [6, 6.07) is 38.9. The van der Waals surface area contributed by atoms with Gasteiger partial charge in [0, 0.05) is 21.5 Å². The SMILES string of the molecule is C=CC[C@@]1(C)CC(c2cccc(Cl)c2)[C@@H](c2ccc(Cl)cc2)[N+]2=C1OC[C@@H]2C(C)C.CC(C)S(=O)(=O)O.CC(C)S(=O)(=O)O.Cc1ccccc1.O=S(=O)([O-])c1cccc2ccccc12.[Ca+2]. The van der Waals surface area contributed by atoms with Gasteiger partial charge in [0.05, 0.1) is 26.7 Å². The van der Waals surface area contributed by atoms with Gasteiger partial charge in [-0.2, -0.15) is 21.4 Å². The van der Waals surface area contributed by atoms with Crippen molar-refractivity contribution in [3.8, 4) is 0 Å². The zero-order valence-corrected chi connectivity index (χ0v) is 44.9. The van der Waals surface area contributed by atoms with E-state index in [0.717, 1.165) is 40.8 Å². The van der Waals surface area contributed by atoms with Gasteiger partial charge in [-0.3, -0.25) is 9.11 Å². The third kappa shape index (κ3) is 17.6. The number of benzene rings is 5. The predicted octanol–water partition coefficient (Wildman–Crippen LogP) is 11.2. The number of aryl methyl sites for hydroxylation is 1. The van der Waals surface area contributed by atoms with Crippen LogP contribution in [0.5, 0.6) is 0 Å². The number of halogens is 2. The number of ether oxygens (including phenoxy) is 1. The summed E-state index contributed by atoms with van der Waals surface area (Å²) in [6.45, 7) is 19.4. The Kier molecular flexibility index (Phi) is 23.5. The van der Waals surface area contributed by atoms with Gasteiger partial charge in [0.2, 0.25) is 0 Å². The van der Waals surface area contributed by atoms with Crippen LogP contribution in [0.1, 0.15) is 90.0 Å². The van der Waals surface area contributed by atoms with Crippen LogP contribution >= 0.6 is 23.2 Å². The molecule has 0 bridgehead atoms. The van der Waals surface area contributed by atoms with E-state index in [0.29, 0.717) is 17.3 Å². The first-order chi connectivity index (χ1) is 30.2. The average Bonchev–Trinajstić information content (AvgIpc) is 3.68. The van der Waals surface area contributed by atoms with Crippen molar-refractivity contribution in [3.05, 3.63) is 161 Å². The van der Waals surface area contributed by atoms with Gasteiger partial charge >= 0.3 is 43.6 Å². The van der Waals surface area contributed by atoms with E-state index in [9.17, 15) is 29.8 Å². The van der Waals surface area contributed by atoms with Gasteiger partial charge in [0.1, 0.15) is 10.1 Å². The smallest absolute Gasteiger partial charge is 0.744 e. The summed E-state index contributed by atoms with van der Waals surface area (Å²) in [6.07, 6.45) is 3.88. The van der Waals surface area contributed by atoms with Gasteiger partial charge in [-0.05, 0) is 101 Å². The Hall–Kier alpha value is -2.86. The number of nitrogens with zero attached hydrogens (tertiary/aromatic N) is 1. The van der Waals surface area contributed by atoms with Gasteiger partial charge in [0.15, 0.2) is 18.7 Å². The van der Waals surface area contributed by atoms with E-state index in [2.05, 4.69) is 81.3 Å². The minimum absolute atomic E-state index is 0. The van der Waals surface area contributed by atoms with Crippen LogP contribution in [0.2, 0.25) is 10.0 Å². The fourth-order valence-corrected chi connectivity index (χ4v) is 8.23. The molecule has 1 unspecified atom stereocenters. The Labute approximate surface area is 432 Å². The maximum atomic E-state index is 10.9. The molecule has 2 aliphatic rings. The van der Waals surface area contributed by atoms with Gasteiger partial charge in [-0.25, -0.2) is 8.42 Å². The van der Waals surface area contributed by atoms with Gasteiger partial charge in [-0.15, -0.1) is 6.58 Å². The van der Waals surface area contributed by atoms with Crippen molar-refractivity contribution in [1.29, 1.82) is 0 Å². The Morgan fingerprint density at radius 1 is 0.758 bits per heavy atom. The van der Waals surface area contributed by atoms with Crippen molar-refractivity contribution >= 4 is 108 Å². The van der Waals surface area contributed by atoms with Crippen molar-refractivity contribution < 1.29 is 48.2 Å². The first-order valence-electron chi connectivity index (χ1n) is 21.0. The average molecular weight is 1030 g/mol. The summed E-state index contributed by atoms with van der Waals surface area (Å²) < 4.78 is 97.3. The second-order valence-corrected chi connectivity index (χ2v) is 23.1. The van der Waals surface area contributed by atoms with E-state index < -0.39 is 40.9 Å². The molecular formula is C49H61CaCl2NO10S3+2. The Balaban J connectivity index is 0.000000341. The molecule has 66 heavy (non-hydrogen) atoms. The molecule has 2 aliphatic heterocycles. The van der Waals surface area contributed by atoms with Crippen molar-refractivity contribution in [2.24, 2.45) is 11.3 Å². The van der Waals surface area contributed by atoms with E-state index in [1.807, 2.05) is 42.5 Å². The standard InChI is InChI=1S/C26H30Cl2NO.C10H8O3S.C7H8.2C3H8O3S.Ca/c1-5-13-26(4)15-22(19-7-6-8-21(28)14-19)24(18-9-11-20(27)12-10-18)29-23(17(2)3)16-30-25(26)29;11-14(12,13)10-7-3-5-8-4-1-2-6-9(8)10;1-7-5-3-2-4-6-7;2*1-3(2)7(4,5)6;/h5-12,14,17,22-24H,1,13,15-16H2,2-4H3;1-7H,(H,11,12,13);2-6H,1H3;2*3H,1-2H3,(H,4,5,6);/q+1;;;;;+2/p-1/t22?,23-,24-,26+;;;;;/m1...../s1. The second-order valence-electron chi connectivity index (χ2n) is 17.0. The summed E-state index contributed by atoms with van der Waals surface area (Å²) in [5.41, 5.74) is 3.76. The topological polar surface area (TPSA) is 178 Å². The fourth-order valence-electron chi connectivity index (χ4n) is 7.21. The number of fused-ring (bicyclic) bond motifs is 1. The number of hydrogen-bond donors (Lipinski definition) is 2. The minimum Gasteiger partial charge on any atom is -0.744 e. The molecule has 0 amide bonds. The minimum atomic E-state index is -4.38. The molecule has 5 aromatic rings. The van der Waals surface area contributed by atoms with E-state index in [1.165, 1.54) is 50.5 Å². The van der Waals surface area contributed by atoms with Crippen LogP contribution in [-0.2, 0) is 35.1 Å². The van der Waals surface area contributed by atoms with Crippen molar-refractivity contribution in [1.82, 2.24) is 0 Å². The fraction of sp³-hybridized carbons (Fsp3) is 0.367. The molecule has 7 rings (SSSR count). The zero-order chi connectivity index (χ0) is 48.9. The van der Waals surface area contributed by atoms with Crippen LogP contribution in [0.3, 0.4) is 0 Å². The molecule has 0 fully saturated rings. The van der Waals surface area contributed by atoms with Gasteiger partial charge < -0.3 is 9.29 Å². The molecule has 17 heteroatoms. The Bertz CT molecular complexity index is 2680. The molecule has 4 atom stereocenters. The third-order valence-electron chi connectivity index (χ3n) is 10.9. The quantitative estimate of drug-likeness (QED) is 0.0658. The monoisotopic (exact) mass is 1030 g/mol. The molecule has 0 aliphatic carbocycles. The molecule has 5 aromatic carbocycles. The molecule has 2 heterocycles. The van der Waals surface area contributed by atoms with E-state index >= 15 is 0 Å².